The van der Waals surface area contributed by atoms with Gasteiger partial charge >= 0.3 is 0 Å². The topological polar surface area (TPSA) is 29.1 Å². The lowest BCUT2D eigenvalue weighted by molar-refractivity contribution is -0.117. The van der Waals surface area contributed by atoms with Gasteiger partial charge in [-0.05, 0) is 30.5 Å². The van der Waals surface area contributed by atoms with Crippen molar-refractivity contribution in [3.63, 3.8) is 0 Å². The number of rotatable bonds is 3. The van der Waals surface area contributed by atoms with Crippen LogP contribution >= 0.6 is 15.9 Å². The van der Waals surface area contributed by atoms with Gasteiger partial charge in [-0.15, -0.1) is 0 Å². The van der Waals surface area contributed by atoms with Crippen molar-refractivity contribution in [2.75, 3.05) is 0 Å². The van der Waals surface area contributed by atoms with Crippen LogP contribution in [0.15, 0.2) is 34.8 Å². The zero-order valence-electron chi connectivity index (χ0n) is 10.4. The van der Waals surface area contributed by atoms with Crippen molar-refractivity contribution in [1.82, 2.24) is 5.32 Å². The average Bonchev–Trinajstić information content (AvgIpc) is 2.39. The summed E-state index contributed by atoms with van der Waals surface area (Å²) >= 11 is 3.46. The molecule has 0 heterocycles. The Morgan fingerprint density at radius 3 is 2.67 bits per heavy atom. The third kappa shape index (κ3) is 3.98. The number of hydrogen-bond acceptors (Lipinski definition) is 1. The number of carbonyl (C=O) groups excluding carboxylic acids is 1. The van der Waals surface area contributed by atoms with Crippen LogP contribution < -0.4 is 5.32 Å². The maximum Gasteiger partial charge on any atom is 0.244 e. The molecular weight excluding hydrogens is 290 g/mol. The Morgan fingerprint density at radius 1 is 1.22 bits per heavy atom. The molecule has 1 amide bonds. The summed E-state index contributed by atoms with van der Waals surface area (Å²) in [5.74, 6) is 0.0117. The van der Waals surface area contributed by atoms with Crippen molar-refractivity contribution in [1.29, 1.82) is 0 Å². The van der Waals surface area contributed by atoms with E-state index in [2.05, 4.69) is 21.2 Å². The van der Waals surface area contributed by atoms with E-state index in [0.717, 1.165) is 22.9 Å². The lowest BCUT2D eigenvalue weighted by Gasteiger charge is -2.21. The fourth-order valence-corrected chi connectivity index (χ4v) is 2.69. The largest absolute Gasteiger partial charge is 0.350 e. The van der Waals surface area contributed by atoms with Gasteiger partial charge in [0.15, 0.2) is 0 Å². The number of amides is 1. The fourth-order valence-electron chi connectivity index (χ4n) is 2.27. The summed E-state index contributed by atoms with van der Waals surface area (Å²) < 4.78 is 1.01. The van der Waals surface area contributed by atoms with Crippen LogP contribution in [0, 0.1) is 0 Å². The Labute approximate surface area is 117 Å². The highest BCUT2D eigenvalue weighted by atomic mass is 79.9. The smallest absolute Gasteiger partial charge is 0.244 e. The second-order valence-electron chi connectivity index (χ2n) is 4.70. The zero-order valence-corrected chi connectivity index (χ0v) is 11.9. The Balaban J connectivity index is 1.88. The van der Waals surface area contributed by atoms with Crippen molar-refractivity contribution in [3.05, 3.63) is 40.4 Å². The van der Waals surface area contributed by atoms with Gasteiger partial charge in [0.1, 0.15) is 0 Å². The second kappa shape index (κ2) is 6.74. The highest BCUT2D eigenvalue weighted by molar-refractivity contribution is 9.10. The van der Waals surface area contributed by atoms with Gasteiger partial charge in [-0.2, -0.15) is 0 Å². The first kappa shape index (κ1) is 13.3. The quantitative estimate of drug-likeness (QED) is 0.843. The molecule has 0 aromatic heterocycles. The van der Waals surface area contributed by atoms with Gasteiger partial charge in [0.05, 0.1) is 0 Å². The van der Waals surface area contributed by atoms with Crippen molar-refractivity contribution in [2.45, 2.75) is 38.1 Å². The number of hydrogen-bond donors (Lipinski definition) is 1. The molecule has 0 bridgehead atoms. The molecule has 0 unspecified atom stereocenters. The van der Waals surface area contributed by atoms with E-state index in [9.17, 15) is 4.79 Å². The van der Waals surface area contributed by atoms with Crippen LogP contribution in [0.5, 0.6) is 0 Å². The predicted octanol–water partition coefficient (Wildman–Crippen LogP) is 3.91. The van der Waals surface area contributed by atoms with Crippen LogP contribution in [0.4, 0.5) is 0 Å². The summed E-state index contributed by atoms with van der Waals surface area (Å²) in [4.78, 5) is 11.8. The predicted molar refractivity (Wildman–Crippen MR) is 78.2 cm³/mol. The molecule has 1 aromatic carbocycles. The molecule has 0 saturated heterocycles. The van der Waals surface area contributed by atoms with Gasteiger partial charge in [0.2, 0.25) is 5.91 Å². The number of halogens is 1. The molecule has 0 radical (unpaired) electrons. The molecule has 1 aliphatic rings. The van der Waals surface area contributed by atoms with Gasteiger partial charge in [-0.3, -0.25) is 4.79 Å². The molecule has 1 fully saturated rings. The molecule has 2 nitrogen and oxygen atoms in total. The van der Waals surface area contributed by atoms with E-state index in [0.29, 0.717) is 6.04 Å². The first-order valence-corrected chi connectivity index (χ1v) is 7.28. The van der Waals surface area contributed by atoms with Crippen LogP contribution in [0.25, 0.3) is 6.08 Å². The van der Waals surface area contributed by atoms with E-state index in [1.54, 1.807) is 6.08 Å². The lowest BCUT2D eigenvalue weighted by atomic mass is 9.95. The summed E-state index contributed by atoms with van der Waals surface area (Å²) in [5.41, 5.74) is 1.02. The van der Waals surface area contributed by atoms with E-state index in [4.69, 9.17) is 0 Å². The van der Waals surface area contributed by atoms with Crippen LogP contribution in [0.1, 0.15) is 37.7 Å². The van der Waals surface area contributed by atoms with Crippen LogP contribution in [-0.2, 0) is 4.79 Å². The number of nitrogens with one attached hydrogen (secondary N) is 1. The minimum Gasteiger partial charge on any atom is -0.350 e. The summed E-state index contributed by atoms with van der Waals surface area (Å²) in [6, 6.07) is 8.25. The standard InChI is InChI=1S/C15H18BrNO/c16-14-9-5-4-6-12(14)10-11-15(18)17-13-7-2-1-3-8-13/h4-6,9-11,13H,1-3,7-8H2,(H,17,18)/b11-10+. The van der Waals surface area contributed by atoms with Crippen LogP contribution in [0.2, 0.25) is 0 Å². The van der Waals surface area contributed by atoms with Crippen molar-refractivity contribution in [2.24, 2.45) is 0 Å². The summed E-state index contributed by atoms with van der Waals surface area (Å²) in [6.45, 7) is 0. The van der Waals surface area contributed by atoms with Crippen LogP contribution in [0.3, 0.4) is 0 Å². The van der Waals surface area contributed by atoms with E-state index >= 15 is 0 Å². The molecule has 0 aliphatic heterocycles. The maximum atomic E-state index is 11.8. The molecule has 1 saturated carbocycles. The third-order valence-corrected chi connectivity index (χ3v) is 3.99. The van der Waals surface area contributed by atoms with Gasteiger partial charge in [-0.1, -0.05) is 53.4 Å². The van der Waals surface area contributed by atoms with E-state index in [1.165, 1.54) is 19.3 Å². The van der Waals surface area contributed by atoms with E-state index in [1.807, 2.05) is 30.3 Å². The third-order valence-electron chi connectivity index (χ3n) is 3.27. The van der Waals surface area contributed by atoms with E-state index in [-0.39, 0.29) is 5.91 Å². The molecule has 1 N–H and O–H groups in total. The van der Waals surface area contributed by atoms with Gasteiger partial charge in [0.25, 0.3) is 0 Å². The first-order chi connectivity index (χ1) is 8.75. The Bertz CT molecular complexity index is 436. The normalized spacial score (nSPS) is 16.9. The Morgan fingerprint density at radius 2 is 1.94 bits per heavy atom. The van der Waals surface area contributed by atoms with Gasteiger partial charge in [0, 0.05) is 16.6 Å². The zero-order chi connectivity index (χ0) is 12.8. The van der Waals surface area contributed by atoms with Gasteiger partial charge in [-0.25, -0.2) is 0 Å². The monoisotopic (exact) mass is 307 g/mol. The molecule has 0 atom stereocenters. The minimum absolute atomic E-state index is 0.0117. The minimum atomic E-state index is 0.0117. The summed E-state index contributed by atoms with van der Waals surface area (Å²) in [6.07, 6.45) is 9.48. The summed E-state index contributed by atoms with van der Waals surface area (Å²) in [5, 5.41) is 3.07. The number of benzene rings is 1. The van der Waals surface area contributed by atoms with E-state index < -0.39 is 0 Å². The number of carbonyl (C=O) groups is 1. The Hall–Kier alpha value is -1.09. The highest BCUT2D eigenvalue weighted by Gasteiger charge is 2.14. The Kier molecular flexibility index (Phi) is 5.00. The molecule has 1 aromatic rings. The molecule has 96 valence electrons. The fraction of sp³-hybridized carbons (Fsp3) is 0.400. The first-order valence-electron chi connectivity index (χ1n) is 6.49. The molecule has 2 rings (SSSR count). The average molecular weight is 308 g/mol. The summed E-state index contributed by atoms with van der Waals surface area (Å²) in [7, 11) is 0. The van der Waals surface area contributed by atoms with Gasteiger partial charge < -0.3 is 5.32 Å². The SMILES string of the molecule is O=C(/C=C/c1ccccc1Br)NC1CCCCC1. The van der Waals surface area contributed by atoms with Crippen LogP contribution in [-0.4, -0.2) is 11.9 Å². The maximum absolute atomic E-state index is 11.8. The molecular formula is C15H18BrNO. The molecule has 18 heavy (non-hydrogen) atoms. The van der Waals surface area contributed by atoms with Crippen molar-refractivity contribution in [3.8, 4) is 0 Å². The molecule has 3 heteroatoms. The highest BCUT2D eigenvalue weighted by Crippen LogP contribution is 2.18. The molecule has 0 spiro atoms. The molecule has 1 aliphatic carbocycles. The lowest BCUT2D eigenvalue weighted by Crippen LogP contribution is -2.34. The second-order valence-corrected chi connectivity index (χ2v) is 5.55. The van der Waals surface area contributed by atoms with Crippen molar-refractivity contribution >= 4 is 27.9 Å². The van der Waals surface area contributed by atoms with Crippen molar-refractivity contribution < 1.29 is 4.79 Å².